The highest BCUT2D eigenvalue weighted by atomic mass is 19.1. The molecule has 6 heteroatoms. The van der Waals surface area contributed by atoms with E-state index in [4.69, 9.17) is 0 Å². The van der Waals surface area contributed by atoms with Gasteiger partial charge in [-0.2, -0.15) is 0 Å². The third-order valence-corrected chi connectivity index (χ3v) is 4.43. The van der Waals surface area contributed by atoms with Crippen molar-refractivity contribution in [3.8, 4) is 0 Å². The highest BCUT2D eigenvalue weighted by Gasteiger charge is 2.13. The minimum absolute atomic E-state index is 0.237. The van der Waals surface area contributed by atoms with Crippen molar-refractivity contribution in [2.45, 2.75) is 32.1 Å². The van der Waals surface area contributed by atoms with E-state index in [2.05, 4.69) is 20.2 Å². The first-order valence-corrected chi connectivity index (χ1v) is 8.82. The van der Waals surface area contributed by atoms with Crippen LogP contribution in [0.5, 0.6) is 0 Å². The standard InChI is InChI=1S/C19H23FN4O/c20-17-8-4-3-7-15(17)9-10-21-18(25)16-13-22-19(23-14-16)24-11-5-1-2-6-12-24/h3-4,7-8,13-14H,1-2,5-6,9-12H2,(H,21,25). The minimum Gasteiger partial charge on any atom is -0.352 e. The van der Waals surface area contributed by atoms with Gasteiger partial charge in [0.15, 0.2) is 0 Å². The predicted molar refractivity (Wildman–Crippen MR) is 95.2 cm³/mol. The van der Waals surface area contributed by atoms with Gasteiger partial charge in [-0.1, -0.05) is 31.0 Å². The van der Waals surface area contributed by atoms with Crippen molar-refractivity contribution >= 4 is 11.9 Å². The number of nitrogens with one attached hydrogen (secondary N) is 1. The van der Waals surface area contributed by atoms with Gasteiger partial charge in [-0.15, -0.1) is 0 Å². The fourth-order valence-corrected chi connectivity index (χ4v) is 2.99. The van der Waals surface area contributed by atoms with Crippen LogP contribution in [0, 0.1) is 5.82 Å². The molecule has 2 aromatic rings. The normalized spacial score (nSPS) is 14.8. The summed E-state index contributed by atoms with van der Waals surface area (Å²) < 4.78 is 13.5. The third kappa shape index (κ3) is 4.75. The Hall–Kier alpha value is -2.50. The number of nitrogens with zero attached hydrogens (tertiary/aromatic N) is 3. The van der Waals surface area contributed by atoms with Crippen LogP contribution in [0.1, 0.15) is 41.6 Å². The molecule has 132 valence electrons. The van der Waals surface area contributed by atoms with Gasteiger partial charge in [0.1, 0.15) is 5.82 Å². The molecule has 1 amide bonds. The van der Waals surface area contributed by atoms with Gasteiger partial charge in [0.2, 0.25) is 5.95 Å². The Kier molecular flexibility index (Phi) is 5.93. The number of amides is 1. The number of hydrogen-bond acceptors (Lipinski definition) is 4. The van der Waals surface area contributed by atoms with Crippen molar-refractivity contribution in [2.24, 2.45) is 0 Å². The Labute approximate surface area is 147 Å². The number of anilines is 1. The third-order valence-electron chi connectivity index (χ3n) is 4.43. The highest BCUT2D eigenvalue weighted by Crippen LogP contribution is 2.15. The van der Waals surface area contributed by atoms with Gasteiger partial charge in [-0.05, 0) is 30.9 Å². The molecular formula is C19H23FN4O. The van der Waals surface area contributed by atoms with E-state index >= 15 is 0 Å². The van der Waals surface area contributed by atoms with Gasteiger partial charge >= 0.3 is 0 Å². The van der Waals surface area contributed by atoms with Crippen LogP contribution in [-0.2, 0) is 6.42 Å². The summed E-state index contributed by atoms with van der Waals surface area (Å²) >= 11 is 0. The van der Waals surface area contributed by atoms with Crippen LogP contribution in [0.2, 0.25) is 0 Å². The van der Waals surface area contributed by atoms with Crippen molar-refractivity contribution in [3.05, 3.63) is 53.6 Å². The van der Waals surface area contributed by atoms with E-state index in [9.17, 15) is 9.18 Å². The Morgan fingerprint density at radius 1 is 1.08 bits per heavy atom. The quantitative estimate of drug-likeness (QED) is 0.908. The second kappa shape index (κ2) is 8.55. The van der Waals surface area contributed by atoms with Gasteiger partial charge < -0.3 is 10.2 Å². The zero-order valence-electron chi connectivity index (χ0n) is 14.2. The van der Waals surface area contributed by atoms with Crippen LogP contribution < -0.4 is 10.2 Å². The first kappa shape index (κ1) is 17.3. The van der Waals surface area contributed by atoms with Crippen LogP contribution in [0.15, 0.2) is 36.7 Å². The summed E-state index contributed by atoms with van der Waals surface area (Å²) in [6, 6.07) is 6.59. The summed E-state index contributed by atoms with van der Waals surface area (Å²) in [5, 5.41) is 2.78. The molecule has 3 rings (SSSR count). The van der Waals surface area contributed by atoms with Gasteiger partial charge in [-0.25, -0.2) is 14.4 Å². The predicted octanol–water partition coefficient (Wildman–Crippen LogP) is 2.97. The number of carbonyl (C=O) groups excluding carboxylic acids is 1. The van der Waals surface area contributed by atoms with E-state index in [0.29, 0.717) is 30.0 Å². The second-order valence-electron chi connectivity index (χ2n) is 6.27. The number of benzene rings is 1. The largest absolute Gasteiger partial charge is 0.352 e. The number of carbonyl (C=O) groups is 1. The fourth-order valence-electron chi connectivity index (χ4n) is 2.99. The van der Waals surface area contributed by atoms with Crippen molar-refractivity contribution < 1.29 is 9.18 Å². The lowest BCUT2D eigenvalue weighted by Gasteiger charge is -2.19. The Morgan fingerprint density at radius 3 is 2.44 bits per heavy atom. The summed E-state index contributed by atoms with van der Waals surface area (Å²) in [6.45, 7) is 2.30. The SMILES string of the molecule is O=C(NCCc1ccccc1F)c1cnc(N2CCCCCC2)nc1. The zero-order valence-corrected chi connectivity index (χ0v) is 14.2. The lowest BCUT2D eigenvalue weighted by Crippen LogP contribution is -2.28. The smallest absolute Gasteiger partial charge is 0.254 e. The van der Waals surface area contributed by atoms with Crippen LogP contribution in [0.4, 0.5) is 10.3 Å². The van der Waals surface area contributed by atoms with Gasteiger partial charge in [0.25, 0.3) is 5.91 Å². The van der Waals surface area contributed by atoms with E-state index < -0.39 is 0 Å². The van der Waals surface area contributed by atoms with Crippen LogP contribution in [0.3, 0.4) is 0 Å². The first-order chi connectivity index (χ1) is 12.2. The maximum absolute atomic E-state index is 13.5. The molecule has 1 aliphatic rings. The van der Waals surface area contributed by atoms with Crippen LogP contribution in [-0.4, -0.2) is 35.5 Å². The summed E-state index contributed by atoms with van der Waals surface area (Å²) in [4.78, 5) is 23.0. The van der Waals surface area contributed by atoms with Crippen molar-refractivity contribution in [3.63, 3.8) is 0 Å². The van der Waals surface area contributed by atoms with E-state index in [0.717, 1.165) is 25.9 Å². The van der Waals surface area contributed by atoms with Crippen LogP contribution >= 0.6 is 0 Å². The average molecular weight is 342 g/mol. The molecule has 0 radical (unpaired) electrons. The van der Waals surface area contributed by atoms with E-state index in [-0.39, 0.29) is 11.7 Å². The molecule has 1 aliphatic heterocycles. The zero-order chi connectivity index (χ0) is 17.5. The van der Waals surface area contributed by atoms with Gasteiger partial charge in [0, 0.05) is 32.0 Å². The molecule has 1 saturated heterocycles. The molecule has 1 aromatic carbocycles. The summed E-state index contributed by atoms with van der Waals surface area (Å²) in [5.74, 6) is 0.199. The maximum Gasteiger partial charge on any atom is 0.254 e. The molecule has 0 unspecified atom stereocenters. The molecule has 1 N–H and O–H groups in total. The number of rotatable bonds is 5. The first-order valence-electron chi connectivity index (χ1n) is 8.82. The minimum atomic E-state index is -0.248. The number of aromatic nitrogens is 2. The summed E-state index contributed by atoms with van der Waals surface area (Å²) in [7, 11) is 0. The van der Waals surface area contributed by atoms with Crippen molar-refractivity contribution in [2.75, 3.05) is 24.5 Å². The molecule has 0 atom stereocenters. The topological polar surface area (TPSA) is 58.1 Å². The molecule has 0 spiro atoms. The van der Waals surface area contributed by atoms with E-state index in [1.165, 1.54) is 18.9 Å². The van der Waals surface area contributed by atoms with Crippen molar-refractivity contribution in [1.29, 1.82) is 0 Å². The molecule has 2 heterocycles. The van der Waals surface area contributed by atoms with E-state index in [1.807, 2.05) is 0 Å². The molecule has 0 bridgehead atoms. The van der Waals surface area contributed by atoms with Gasteiger partial charge in [0.05, 0.1) is 5.56 Å². The molecule has 1 aromatic heterocycles. The van der Waals surface area contributed by atoms with Crippen molar-refractivity contribution in [1.82, 2.24) is 15.3 Å². The summed E-state index contributed by atoms with van der Waals surface area (Å²) in [5.41, 5.74) is 1.02. The molecule has 0 aliphatic carbocycles. The van der Waals surface area contributed by atoms with Gasteiger partial charge in [-0.3, -0.25) is 4.79 Å². The highest BCUT2D eigenvalue weighted by molar-refractivity contribution is 5.93. The number of hydrogen-bond donors (Lipinski definition) is 1. The Morgan fingerprint density at radius 2 is 1.76 bits per heavy atom. The average Bonchev–Trinajstić information content (AvgIpc) is 2.93. The van der Waals surface area contributed by atoms with E-state index in [1.54, 1.807) is 30.6 Å². The molecule has 1 fully saturated rings. The molecular weight excluding hydrogens is 319 g/mol. The Bertz CT molecular complexity index is 697. The Balaban J connectivity index is 1.53. The summed E-state index contributed by atoms with van der Waals surface area (Å²) in [6.07, 6.45) is 8.38. The fraction of sp³-hybridized carbons (Fsp3) is 0.421. The van der Waals surface area contributed by atoms with Crippen LogP contribution in [0.25, 0.3) is 0 Å². The lowest BCUT2D eigenvalue weighted by atomic mass is 10.1. The molecule has 25 heavy (non-hydrogen) atoms. The molecule has 0 saturated carbocycles. The maximum atomic E-state index is 13.5. The number of halogens is 1. The lowest BCUT2D eigenvalue weighted by molar-refractivity contribution is 0.0953. The second-order valence-corrected chi connectivity index (χ2v) is 6.27. The molecule has 5 nitrogen and oxygen atoms in total. The monoisotopic (exact) mass is 342 g/mol.